The Hall–Kier alpha value is -3.21. The van der Waals surface area contributed by atoms with Crippen molar-refractivity contribution >= 4 is 23.2 Å². The number of aryl methyl sites for hydroxylation is 2. The van der Waals surface area contributed by atoms with Crippen molar-refractivity contribution in [1.82, 2.24) is 24.6 Å². The van der Waals surface area contributed by atoms with Crippen molar-refractivity contribution in [1.29, 1.82) is 0 Å². The molecule has 1 fully saturated rings. The molecule has 3 heterocycles. The molecular weight excluding hydrogens is 527 g/mol. The van der Waals surface area contributed by atoms with Gasteiger partial charge in [-0.25, -0.2) is 4.98 Å². The molecule has 1 saturated heterocycles. The molecule has 1 atom stereocenters. The molecule has 0 spiro atoms. The van der Waals surface area contributed by atoms with E-state index in [1.165, 1.54) is 18.1 Å². The summed E-state index contributed by atoms with van der Waals surface area (Å²) in [5.41, 5.74) is 2.64. The lowest BCUT2D eigenvalue weighted by molar-refractivity contribution is -0.142. The highest BCUT2D eigenvalue weighted by Gasteiger charge is 2.35. The second-order valence-corrected chi connectivity index (χ2v) is 11.3. The maximum atomic E-state index is 13.1. The molecule has 0 saturated carbocycles. The number of fused-ring (bicyclic) bond motifs is 1. The zero-order valence-corrected chi connectivity index (χ0v) is 22.9. The van der Waals surface area contributed by atoms with E-state index in [9.17, 15) is 22.8 Å². The van der Waals surface area contributed by atoms with Gasteiger partial charge < -0.3 is 9.80 Å². The smallest absolute Gasteiger partial charge is 0.341 e. The van der Waals surface area contributed by atoms with Crippen LogP contribution in [0.1, 0.15) is 70.9 Å². The predicted octanol–water partition coefficient (Wildman–Crippen LogP) is 5.15. The van der Waals surface area contributed by atoms with Crippen LogP contribution in [-0.2, 0) is 35.2 Å². The number of rotatable bonds is 6. The van der Waals surface area contributed by atoms with Gasteiger partial charge in [-0.05, 0) is 56.2 Å². The van der Waals surface area contributed by atoms with Crippen molar-refractivity contribution in [3.8, 4) is 0 Å². The van der Waals surface area contributed by atoms with E-state index in [2.05, 4.69) is 17.2 Å². The summed E-state index contributed by atoms with van der Waals surface area (Å²) in [6.07, 6.45) is 0.238. The van der Waals surface area contributed by atoms with E-state index in [1.54, 1.807) is 16.2 Å². The van der Waals surface area contributed by atoms with Crippen LogP contribution in [0.5, 0.6) is 0 Å². The SMILES string of the molecule is Cc1cc(C(F)(F)F)nn1CC(=O)N1CCC(c2nc(CC(=O)N(C)[C@@H]3CCCc4ccccc43)cs2)CC1. The summed E-state index contributed by atoms with van der Waals surface area (Å²) in [7, 11) is 1.88. The Labute approximate surface area is 229 Å². The first kappa shape index (κ1) is 27.4. The van der Waals surface area contributed by atoms with Gasteiger partial charge in [-0.15, -0.1) is 11.3 Å². The van der Waals surface area contributed by atoms with Crippen LogP contribution in [0.25, 0.3) is 0 Å². The van der Waals surface area contributed by atoms with Crippen molar-refractivity contribution in [3.63, 3.8) is 0 Å². The maximum Gasteiger partial charge on any atom is 0.435 e. The zero-order chi connectivity index (χ0) is 27.7. The number of alkyl halides is 3. The maximum absolute atomic E-state index is 13.1. The Balaban J connectivity index is 1.14. The van der Waals surface area contributed by atoms with Gasteiger partial charge in [0, 0.05) is 37.1 Å². The quantitative estimate of drug-likeness (QED) is 0.419. The van der Waals surface area contributed by atoms with E-state index >= 15 is 0 Å². The molecule has 3 aromatic rings. The number of carbonyl (C=O) groups excluding carboxylic acids is 2. The lowest BCUT2D eigenvalue weighted by Gasteiger charge is -2.33. The number of nitrogens with zero attached hydrogens (tertiary/aromatic N) is 5. The summed E-state index contributed by atoms with van der Waals surface area (Å²) < 4.78 is 39.9. The zero-order valence-electron chi connectivity index (χ0n) is 22.1. The van der Waals surface area contributed by atoms with Gasteiger partial charge in [0.2, 0.25) is 11.8 Å². The van der Waals surface area contributed by atoms with Crippen LogP contribution in [0, 0.1) is 6.92 Å². The number of aromatic nitrogens is 3. The fourth-order valence-electron chi connectivity index (χ4n) is 5.59. The van der Waals surface area contributed by atoms with Crippen molar-refractivity contribution in [2.45, 2.75) is 70.1 Å². The standard InChI is InChI=1S/C28H32F3N5O2S/c1-18-14-24(28(29,30)31)33-36(18)16-26(38)35-12-10-20(11-13-35)27-32-21(17-39-27)15-25(37)34(2)23-9-5-7-19-6-3-4-8-22(19)23/h3-4,6,8,14,17,20,23H,5,7,9-13,15-16H2,1-2H3/t23-/m1/s1. The number of likely N-dealkylation sites (N-methyl/N-ethyl adjacent to an activating group) is 1. The third kappa shape index (κ3) is 6.03. The lowest BCUT2D eigenvalue weighted by atomic mass is 9.87. The highest BCUT2D eigenvalue weighted by molar-refractivity contribution is 7.09. The highest BCUT2D eigenvalue weighted by Crippen LogP contribution is 2.35. The molecule has 1 aliphatic carbocycles. The fraction of sp³-hybridized carbons (Fsp3) is 0.500. The number of benzene rings is 1. The predicted molar refractivity (Wildman–Crippen MR) is 141 cm³/mol. The molecule has 0 bridgehead atoms. The summed E-state index contributed by atoms with van der Waals surface area (Å²) in [5, 5.41) is 6.48. The first-order valence-electron chi connectivity index (χ1n) is 13.3. The molecule has 1 aromatic carbocycles. The minimum atomic E-state index is -4.54. The summed E-state index contributed by atoms with van der Waals surface area (Å²) in [4.78, 5) is 34.2. The van der Waals surface area contributed by atoms with Crippen LogP contribution >= 0.6 is 11.3 Å². The third-order valence-corrected chi connectivity index (χ3v) is 8.91. The highest BCUT2D eigenvalue weighted by atomic mass is 32.1. The summed E-state index contributed by atoms with van der Waals surface area (Å²) in [6.45, 7) is 2.31. The monoisotopic (exact) mass is 559 g/mol. The average molecular weight is 560 g/mol. The van der Waals surface area contributed by atoms with E-state index in [4.69, 9.17) is 4.98 Å². The molecule has 1 aliphatic heterocycles. The van der Waals surface area contributed by atoms with E-state index in [-0.39, 0.29) is 36.7 Å². The summed E-state index contributed by atoms with van der Waals surface area (Å²) in [6, 6.07) is 9.39. The number of amides is 2. The lowest BCUT2D eigenvalue weighted by Crippen LogP contribution is -2.40. The number of piperidine rings is 1. The molecule has 11 heteroatoms. The largest absolute Gasteiger partial charge is 0.435 e. The second-order valence-electron chi connectivity index (χ2n) is 10.4. The van der Waals surface area contributed by atoms with Crippen LogP contribution in [0.3, 0.4) is 0 Å². The first-order chi connectivity index (χ1) is 18.6. The van der Waals surface area contributed by atoms with Gasteiger partial charge in [-0.2, -0.15) is 18.3 Å². The topological polar surface area (TPSA) is 71.3 Å². The molecule has 2 aromatic heterocycles. The Bertz CT molecular complexity index is 1340. The van der Waals surface area contributed by atoms with Crippen LogP contribution in [0.4, 0.5) is 13.2 Å². The van der Waals surface area contributed by atoms with Gasteiger partial charge in [-0.3, -0.25) is 14.3 Å². The number of likely N-dealkylation sites (tertiary alicyclic amines) is 1. The Morgan fingerprint density at radius 2 is 1.90 bits per heavy atom. The molecule has 0 unspecified atom stereocenters. The average Bonchev–Trinajstić information content (AvgIpc) is 3.54. The first-order valence-corrected chi connectivity index (χ1v) is 14.2. The molecule has 0 radical (unpaired) electrons. The van der Waals surface area contributed by atoms with Crippen LogP contribution < -0.4 is 0 Å². The van der Waals surface area contributed by atoms with E-state index in [0.29, 0.717) is 18.8 Å². The second kappa shape index (κ2) is 11.1. The van der Waals surface area contributed by atoms with Crippen LogP contribution in [0.2, 0.25) is 0 Å². The third-order valence-electron chi connectivity index (χ3n) is 7.85. The van der Waals surface area contributed by atoms with Crippen molar-refractivity contribution in [2.24, 2.45) is 0 Å². The van der Waals surface area contributed by atoms with Gasteiger partial charge >= 0.3 is 6.18 Å². The molecule has 2 aliphatic rings. The fourth-order valence-corrected chi connectivity index (χ4v) is 6.58. The summed E-state index contributed by atoms with van der Waals surface area (Å²) in [5.74, 6) is -0.00295. The van der Waals surface area contributed by atoms with Crippen molar-refractivity contribution < 1.29 is 22.8 Å². The summed E-state index contributed by atoms with van der Waals surface area (Å²) >= 11 is 1.55. The Morgan fingerprint density at radius 3 is 2.62 bits per heavy atom. The van der Waals surface area contributed by atoms with Gasteiger partial charge in [0.1, 0.15) is 6.54 Å². The van der Waals surface area contributed by atoms with Crippen molar-refractivity contribution in [2.75, 3.05) is 20.1 Å². The van der Waals surface area contributed by atoms with Crippen LogP contribution in [0.15, 0.2) is 35.7 Å². The van der Waals surface area contributed by atoms with Gasteiger partial charge in [0.25, 0.3) is 0 Å². The van der Waals surface area contributed by atoms with E-state index in [1.807, 2.05) is 29.5 Å². The van der Waals surface area contributed by atoms with E-state index < -0.39 is 11.9 Å². The number of hydrogen-bond donors (Lipinski definition) is 0. The molecule has 5 rings (SSSR count). The molecule has 39 heavy (non-hydrogen) atoms. The minimum Gasteiger partial charge on any atom is -0.341 e. The van der Waals surface area contributed by atoms with Crippen LogP contribution in [-0.4, -0.2) is 56.5 Å². The Morgan fingerprint density at radius 1 is 1.15 bits per heavy atom. The van der Waals surface area contributed by atoms with Gasteiger partial charge in [0.05, 0.1) is 23.2 Å². The van der Waals surface area contributed by atoms with Gasteiger partial charge in [-0.1, -0.05) is 24.3 Å². The van der Waals surface area contributed by atoms with E-state index in [0.717, 1.165) is 53.6 Å². The number of hydrogen-bond acceptors (Lipinski definition) is 5. The molecule has 2 amide bonds. The molecular formula is C28H32F3N5O2S. The molecule has 0 N–H and O–H groups in total. The Kier molecular flexibility index (Phi) is 7.80. The van der Waals surface area contributed by atoms with Gasteiger partial charge in [0.15, 0.2) is 5.69 Å². The number of carbonyl (C=O) groups is 2. The normalized spacial score (nSPS) is 18.2. The molecule has 7 nitrogen and oxygen atoms in total. The minimum absolute atomic E-state index is 0.0524. The number of thiazole rings is 1. The van der Waals surface area contributed by atoms with Crippen molar-refractivity contribution in [3.05, 3.63) is 68.9 Å². The molecule has 208 valence electrons. The number of halogens is 3.